The molecule has 3 rings (SSSR count). The third-order valence-electron chi connectivity index (χ3n) is 5.25. The number of aromatic nitrogens is 3. The zero-order valence-electron chi connectivity index (χ0n) is 17.5. The maximum absolute atomic E-state index is 5.90. The normalized spacial score (nSPS) is 17.6. The van der Waals surface area contributed by atoms with Crippen LogP contribution in [0.4, 0.5) is 0 Å². The molecular weight excluding hydrogens is 368 g/mol. The number of nitrogens with zero attached hydrogens (tertiary/aromatic N) is 4. The van der Waals surface area contributed by atoms with Crippen LogP contribution in [0.15, 0.2) is 41.1 Å². The van der Waals surface area contributed by atoms with E-state index in [0.29, 0.717) is 0 Å². The number of ether oxygens (including phenoxy) is 1. The van der Waals surface area contributed by atoms with Crippen LogP contribution >= 0.6 is 11.8 Å². The monoisotopic (exact) mass is 400 g/mol. The molecule has 1 aliphatic heterocycles. The Hall–Kier alpha value is -1.63. The fourth-order valence-electron chi connectivity index (χ4n) is 3.45. The molecule has 1 saturated heterocycles. The van der Waals surface area contributed by atoms with Gasteiger partial charge < -0.3 is 9.30 Å². The second kappa shape index (κ2) is 10.2. The summed E-state index contributed by atoms with van der Waals surface area (Å²) in [4.78, 5) is 2.29. The maximum atomic E-state index is 5.90. The summed E-state index contributed by atoms with van der Waals surface area (Å²) < 4.78 is 8.17. The van der Waals surface area contributed by atoms with E-state index in [1.54, 1.807) is 11.8 Å². The van der Waals surface area contributed by atoms with Gasteiger partial charge in [-0.1, -0.05) is 47.7 Å². The molecule has 0 unspecified atom stereocenters. The van der Waals surface area contributed by atoms with Gasteiger partial charge in [0.2, 0.25) is 0 Å². The fourth-order valence-corrected chi connectivity index (χ4v) is 4.49. The van der Waals surface area contributed by atoms with Crippen LogP contribution < -0.4 is 0 Å². The van der Waals surface area contributed by atoms with Crippen molar-refractivity contribution in [1.82, 2.24) is 19.7 Å². The van der Waals surface area contributed by atoms with Gasteiger partial charge in [-0.25, -0.2) is 0 Å². The maximum Gasteiger partial charge on any atom is 0.191 e. The average Bonchev–Trinajstić information content (AvgIpc) is 3.32. The van der Waals surface area contributed by atoms with Crippen molar-refractivity contribution in [2.24, 2.45) is 0 Å². The van der Waals surface area contributed by atoms with Gasteiger partial charge in [0, 0.05) is 18.9 Å². The molecule has 28 heavy (non-hydrogen) atoms. The van der Waals surface area contributed by atoms with Crippen LogP contribution in [-0.4, -0.2) is 46.0 Å². The van der Waals surface area contributed by atoms with Gasteiger partial charge in [-0.3, -0.25) is 4.90 Å². The Kier molecular flexibility index (Phi) is 7.71. The molecule has 1 aromatic carbocycles. The second-order valence-electron chi connectivity index (χ2n) is 7.67. The Bertz CT molecular complexity index is 796. The number of allylic oxidation sites excluding steroid dienone is 1. The number of aryl methyl sites for hydroxylation is 1. The molecule has 0 radical (unpaired) electrons. The zero-order chi connectivity index (χ0) is 19.9. The van der Waals surface area contributed by atoms with Gasteiger partial charge >= 0.3 is 0 Å². The van der Waals surface area contributed by atoms with Gasteiger partial charge in [0.15, 0.2) is 5.16 Å². The van der Waals surface area contributed by atoms with Crippen LogP contribution in [0.25, 0.3) is 0 Å². The number of hydrogen-bond acceptors (Lipinski definition) is 5. The molecule has 1 aliphatic rings. The number of rotatable bonds is 9. The molecule has 1 fully saturated rings. The number of likely N-dealkylation sites (N-methyl/N-ethyl adjacent to an activating group) is 1. The van der Waals surface area contributed by atoms with Crippen LogP contribution in [0.5, 0.6) is 0 Å². The molecule has 2 aromatic rings. The van der Waals surface area contributed by atoms with Crippen LogP contribution in [0.3, 0.4) is 0 Å². The van der Waals surface area contributed by atoms with Crippen LogP contribution in [0.1, 0.15) is 43.6 Å². The Morgan fingerprint density at radius 2 is 2.18 bits per heavy atom. The molecule has 5 nitrogen and oxygen atoms in total. The Morgan fingerprint density at radius 1 is 1.36 bits per heavy atom. The molecule has 0 bridgehead atoms. The highest BCUT2D eigenvalue weighted by Gasteiger charge is 2.21. The highest BCUT2D eigenvalue weighted by molar-refractivity contribution is 7.98. The Morgan fingerprint density at radius 3 is 2.89 bits per heavy atom. The van der Waals surface area contributed by atoms with Crippen LogP contribution in [0, 0.1) is 6.92 Å². The first-order chi connectivity index (χ1) is 13.6. The SMILES string of the molecule is C/C=C(\C)CN(C)Cc1nnc(SCc2ccccc2C)n1C[C@H]1CCCO1. The predicted octanol–water partition coefficient (Wildman–Crippen LogP) is 4.46. The third kappa shape index (κ3) is 5.69. The van der Waals surface area contributed by atoms with Gasteiger partial charge in [0.25, 0.3) is 0 Å². The first-order valence-electron chi connectivity index (χ1n) is 10.1. The Balaban J connectivity index is 1.74. The van der Waals surface area contributed by atoms with Crippen molar-refractivity contribution < 1.29 is 4.74 Å². The second-order valence-corrected chi connectivity index (χ2v) is 8.61. The smallest absolute Gasteiger partial charge is 0.191 e. The van der Waals surface area contributed by atoms with Gasteiger partial charge in [-0.2, -0.15) is 0 Å². The Labute approximate surface area is 173 Å². The lowest BCUT2D eigenvalue weighted by Gasteiger charge is -2.19. The molecule has 6 heteroatoms. The minimum Gasteiger partial charge on any atom is -0.376 e. The summed E-state index contributed by atoms with van der Waals surface area (Å²) in [5, 5.41) is 10.1. The largest absolute Gasteiger partial charge is 0.376 e. The summed E-state index contributed by atoms with van der Waals surface area (Å²) in [6.45, 7) is 9.85. The first-order valence-corrected chi connectivity index (χ1v) is 11.1. The van der Waals surface area contributed by atoms with E-state index < -0.39 is 0 Å². The van der Waals surface area contributed by atoms with E-state index in [1.807, 2.05) is 0 Å². The van der Waals surface area contributed by atoms with Crippen molar-refractivity contribution in [3.8, 4) is 0 Å². The van der Waals surface area contributed by atoms with Crippen LogP contribution in [-0.2, 0) is 23.6 Å². The van der Waals surface area contributed by atoms with Gasteiger partial charge in [0.05, 0.1) is 19.2 Å². The molecule has 2 heterocycles. The summed E-state index contributed by atoms with van der Waals surface area (Å²) in [5.41, 5.74) is 4.03. The van der Waals surface area contributed by atoms with E-state index in [2.05, 4.69) is 77.8 Å². The van der Waals surface area contributed by atoms with Crippen LogP contribution in [0.2, 0.25) is 0 Å². The molecule has 0 amide bonds. The lowest BCUT2D eigenvalue weighted by atomic mass is 10.1. The molecule has 152 valence electrons. The molecule has 1 atom stereocenters. The van der Waals surface area contributed by atoms with E-state index in [0.717, 1.165) is 55.8 Å². The molecular formula is C22H32N4OS. The highest BCUT2D eigenvalue weighted by atomic mass is 32.2. The van der Waals surface area contributed by atoms with E-state index >= 15 is 0 Å². The number of thioether (sulfide) groups is 1. The standard InChI is InChI=1S/C22H32N4OS/c1-5-17(2)13-25(4)15-21-23-24-22(26(21)14-20-11-8-12-27-20)28-16-19-10-7-6-9-18(19)3/h5-7,9-10,20H,8,11-16H2,1-4H3/b17-5+/t20-/m1/s1. The number of benzene rings is 1. The van der Waals surface area contributed by atoms with E-state index in [4.69, 9.17) is 4.74 Å². The summed E-state index contributed by atoms with van der Waals surface area (Å²) in [6, 6.07) is 8.54. The van der Waals surface area contributed by atoms with Gasteiger partial charge in [-0.15, -0.1) is 10.2 Å². The van der Waals surface area contributed by atoms with E-state index in [1.165, 1.54) is 16.7 Å². The molecule has 0 N–H and O–H groups in total. The highest BCUT2D eigenvalue weighted by Crippen LogP contribution is 2.26. The zero-order valence-corrected chi connectivity index (χ0v) is 18.3. The molecule has 0 saturated carbocycles. The molecule has 0 spiro atoms. The summed E-state index contributed by atoms with van der Waals surface area (Å²) in [7, 11) is 2.14. The van der Waals surface area contributed by atoms with Gasteiger partial charge in [-0.05, 0) is 51.8 Å². The predicted molar refractivity (Wildman–Crippen MR) is 116 cm³/mol. The number of hydrogen-bond donors (Lipinski definition) is 0. The topological polar surface area (TPSA) is 43.2 Å². The summed E-state index contributed by atoms with van der Waals surface area (Å²) in [6.07, 6.45) is 4.70. The summed E-state index contributed by atoms with van der Waals surface area (Å²) >= 11 is 1.77. The van der Waals surface area contributed by atoms with Crippen molar-refractivity contribution in [2.45, 2.75) is 63.7 Å². The minimum absolute atomic E-state index is 0.273. The molecule has 1 aromatic heterocycles. The van der Waals surface area contributed by atoms with Gasteiger partial charge in [0.1, 0.15) is 5.82 Å². The minimum atomic E-state index is 0.273. The van der Waals surface area contributed by atoms with Crippen molar-refractivity contribution in [3.05, 3.63) is 52.9 Å². The first kappa shape index (κ1) is 21.1. The van der Waals surface area contributed by atoms with Crippen molar-refractivity contribution in [1.29, 1.82) is 0 Å². The lowest BCUT2D eigenvalue weighted by molar-refractivity contribution is 0.0935. The lowest BCUT2D eigenvalue weighted by Crippen LogP contribution is -2.24. The van der Waals surface area contributed by atoms with Crippen molar-refractivity contribution in [3.63, 3.8) is 0 Å². The van der Waals surface area contributed by atoms with E-state index in [9.17, 15) is 0 Å². The average molecular weight is 401 g/mol. The summed E-state index contributed by atoms with van der Waals surface area (Å²) in [5.74, 6) is 1.93. The molecule has 0 aliphatic carbocycles. The van der Waals surface area contributed by atoms with E-state index in [-0.39, 0.29) is 6.10 Å². The van der Waals surface area contributed by atoms with Crippen molar-refractivity contribution in [2.75, 3.05) is 20.2 Å². The fraction of sp³-hybridized carbons (Fsp3) is 0.545. The van der Waals surface area contributed by atoms with Crippen molar-refractivity contribution >= 4 is 11.8 Å². The quantitative estimate of drug-likeness (QED) is 0.459. The third-order valence-corrected chi connectivity index (χ3v) is 6.26.